The van der Waals surface area contributed by atoms with E-state index in [-0.39, 0.29) is 36.2 Å². The highest BCUT2D eigenvalue weighted by Crippen LogP contribution is 2.29. The standard InChI is InChI=1S/C29H36N2O7S/c1-21(2)38-28-19-24(11-14-26(28)29(34)31-39(35,36)18-6-16-32)22-9-12-25(13-10-22)37-17-15-30-20-27(33)23-7-4-3-5-8-23/h3-5,7-14,19,21,27,30,32-33H,6,15-18,20H2,1-2H3,(H,31,34)/t27-/m0/s1. The summed E-state index contributed by atoms with van der Waals surface area (Å²) in [4.78, 5) is 12.7. The van der Waals surface area contributed by atoms with Gasteiger partial charge in [0.15, 0.2) is 0 Å². The van der Waals surface area contributed by atoms with Crippen molar-refractivity contribution < 1.29 is 32.9 Å². The van der Waals surface area contributed by atoms with Crippen LogP contribution in [-0.4, -0.2) is 62.7 Å². The molecule has 0 aliphatic rings. The highest BCUT2D eigenvalue weighted by atomic mass is 32.2. The minimum absolute atomic E-state index is 0.0323. The van der Waals surface area contributed by atoms with E-state index in [2.05, 4.69) is 5.32 Å². The first-order valence-corrected chi connectivity index (χ1v) is 14.5. The molecule has 1 atom stereocenters. The Morgan fingerprint density at radius 1 is 0.974 bits per heavy atom. The van der Waals surface area contributed by atoms with Gasteiger partial charge in [-0.2, -0.15) is 0 Å². The number of hydrogen-bond donors (Lipinski definition) is 4. The SMILES string of the molecule is CC(C)Oc1cc(-c2ccc(OCCNC[C@H](O)c3ccccc3)cc2)ccc1C(=O)NS(=O)(=O)CCCO. The molecule has 0 spiro atoms. The van der Waals surface area contributed by atoms with Crippen molar-refractivity contribution in [3.8, 4) is 22.6 Å². The minimum Gasteiger partial charge on any atom is -0.492 e. The molecule has 39 heavy (non-hydrogen) atoms. The molecular weight excluding hydrogens is 520 g/mol. The summed E-state index contributed by atoms with van der Waals surface area (Å²) in [5.41, 5.74) is 2.61. The molecule has 3 aromatic rings. The van der Waals surface area contributed by atoms with E-state index < -0.39 is 22.0 Å². The van der Waals surface area contributed by atoms with Gasteiger partial charge in [-0.3, -0.25) is 4.79 Å². The average molecular weight is 557 g/mol. The van der Waals surface area contributed by atoms with Gasteiger partial charge in [0, 0.05) is 19.7 Å². The lowest BCUT2D eigenvalue weighted by atomic mass is 10.0. The number of nitrogens with one attached hydrogen (secondary N) is 2. The molecular formula is C29H36N2O7S. The maximum absolute atomic E-state index is 12.7. The molecule has 3 rings (SSSR count). The van der Waals surface area contributed by atoms with E-state index in [0.717, 1.165) is 16.7 Å². The third kappa shape index (κ3) is 9.67. The van der Waals surface area contributed by atoms with Crippen LogP contribution in [0, 0.1) is 0 Å². The van der Waals surface area contributed by atoms with Crippen LogP contribution in [0.1, 0.15) is 42.3 Å². The largest absolute Gasteiger partial charge is 0.492 e. The van der Waals surface area contributed by atoms with Gasteiger partial charge in [-0.15, -0.1) is 0 Å². The van der Waals surface area contributed by atoms with Crippen molar-refractivity contribution in [3.05, 3.63) is 83.9 Å². The van der Waals surface area contributed by atoms with Crippen LogP contribution in [0.2, 0.25) is 0 Å². The van der Waals surface area contributed by atoms with Gasteiger partial charge in [-0.25, -0.2) is 13.1 Å². The normalized spacial score (nSPS) is 12.2. The molecule has 4 N–H and O–H groups in total. The van der Waals surface area contributed by atoms with Crippen LogP contribution in [0.5, 0.6) is 11.5 Å². The molecule has 0 saturated heterocycles. The van der Waals surface area contributed by atoms with Gasteiger partial charge in [0.25, 0.3) is 5.91 Å². The molecule has 0 heterocycles. The molecule has 0 aliphatic heterocycles. The molecule has 1 amide bonds. The topological polar surface area (TPSA) is 134 Å². The van der Waals surface area contributed by atoms with Gasteiger partial charge >= 0.3 is 0 Å². The number of ether oxygens (including phenoxy) is 2. The van der Waals surface area contributed by atoms with Crippen LogP contribution in [-0.2, 0) is 10.0 Å². The van der Waals surface area contributed by atoms with E-state index in [1.807, 2.05) is 73.2 Å². The Kier molecular flexibility index (Phi) is 11.3. The van der Waals surface area contributed by atoms with Crippen molar-refractivity contribution >= 4 is 15.9 Å². The van der Waals surface area contributed by atoms with Crippen LogP contribution in [0.15, 0.2) is 72.8 Å². The Bertz CT molecular complexity index is 1300. The van der Waals surface area contributed by atoms with Crippen molar-refractivity contribution in [2.24, 2.45) is 0 Å². The molecule has 0 radical (unpaired) electrons. The zero-order chi connectivity index (χ0) is 28.3. The minimum atomic E-state index is -3.88. The Labute approximate surface area is 229 Å². The van der Waals surface area contributed by atoms with E-state index in [1.54, 1.807) is 12.1 Å². The van der Waals surface area contributed by atoms with Crippen molar-refractivity contribution in [2.45, 2.75) is 32.5 Å². The zero-order valence-electron chi connectivity index (χ0n) is 22.2. The van der Waals surface area contributed by atoms with E-state index in [0.29, 0.717) is 25.4 Å². The smallest absolute Gasteiger partial charge is 0.268 e. The second-order valence-corrected chi connectivity index (χ2v) is 11.1. The predicted octanol–water partition coefficient (Wildman–Crippen LogP) is 3.28. The number of aliphatic hydroxyl groups excluding tert-OH is 2. The van der Waals surface area contributed by atoms with E-state index in [1.165, 1.54) is 6.07 Å². The summed E-state index contributed by atoms with van der Waals surface area (Å²) in [7, 11) is -3.88. The van der Waals surface area contributed by atoms with Crippen molar-refractivity contribution in [1.82, 2.24) is 10.0 Å². The Morgan fingerprint density at radius 3 is 2.33 bits per heavy atom. The second-order valence-electron chi connectivity index (χ2n) is 9.21. The van der Waals surface area contributed by atoms with Crippen molar-refractivity contribution in [3.63, 3.8) is 0 Å². The maximum atomic E-state index is 12.7. The lowest BCUT2D eigenvalue weighted by molar-refractivity contribution is 0.0975. The first-order chi connectivity index (χ1) is 18.7. The summed E-state index contributed by atoms with van der Waals surface area (Å²) in [5, 5.41) is 22.3. The Morgan fingerprint density at radius 2 is 1.67 bits per heavy atom. The number of sulfonamides is 1. The Hall–Kier alpha value is -3.44. The summed E-state index contributed by atoms with van der Waals surface area (Å²) in [5.74, 6) is -0.189. The summed E-state index contributed by atoms with van der Waals surface area (Å²) in [6.45, 7) is 4.77. The van der Waals surface area contributed by atoms with Gasteiger partial charge in [-0.1, -0.05) is 48.5 Å². The van der Waals surface area contributed by atoms with Crippen LogP contribution < -0.4 is 19.5 Å². The number of carbonyl (C=O) groups is 1. The molecule has 0 fully saturated rings. The van der Waals surface area contributed by atoms with Crippen molar-refractivity contribution in [1.29, 1.82) is 0 Å². The lowest BCUT2D eigenvalue weighted by Gasteiger charge is -2.16. The maximum Gasteiger partial charge on any atom is 0.268 e. The lowest BCUT2D eigenvalue weighted by Crippen LogP contribution is -2.33. The van der Waals surface area contributed by atoms with E-state index >= 15 is 0 Å². The molecule has 0 aliphatic carbocycles. The number of hydrogen-bond acceptors (Lipinski definition) is 8. The highest BCUT2D eigenvalue weighted by Gasteiger charge is 2.20. The number of benzene rings is 3. The molecule has 0 aromatic heterocycles. The molecule has 0 unspecified atom stereocenters. The van der Waals surface area contributed by atoms with Gasteiger partial charge < -0.3 is 25.0 Å². The highest BCUT2D eigenvalue weighted by molar-refractivity contribution is 7.90. The molecule has 0 bridgehead atoms. The fourth-order valence-corrected chi connectivity index (χ4v) is 4.76. The summed E-state index contributed by atoms with van der Waals surface area (Å²) in [6.07, 6.45) is -0.788. The zero-order valence-corrected chi connectivity index (χ0v) is 23.0. The van der Waals surface area contributed by atoms with Gasteiger partial charge in [0.1, 0.15) is 18.1 Å². The molecule has 10 heteroatoms. The fraction of sp³-hybridized carbons (Fsp3) is 0.345. The fourth-order valence-electron chi connectivity index (χ4n) is 3.76. The third-order valence-corrected chi connectivity index (χ3v) is 6.99. The van der Waals surface area contributed by atoms with Crippen LogP contribution >= 0.6 is 0 Å². The number of carbonyl (C=O) groups excluding carboxylic acids is 1. The first-order valence-electron chi connectivity index (χ1n) is 12.8. The van der Waals surface area contributed by atoms with Gasteiger partial charge in [-0.05, 0) is 61.2 Å². The quantitative estimate of drug-likeness (QED) is 0.210. The third-order valence-electron chi connectivity index (χ3n) is 5.67. The van der Waals surface area contributed by atoms with E-state index in [4.69, 9.17) is 14.6 Å². The van der Waals surface area contributed by atoms with Crippen LogP contribution in [0.3, 0.4) is 0 Å². The first kappa shape index (κ1) is 30.1. The second kappa shape index (κ2) is 14.6. The Balaban J connectivity index is 1.59. The predicted molar refractivity (Wildman–Crippen MR) is 150 cm³/mol. The summed E-state index contributed by atoms with van der Waals surface area (Å²) in [6, 6.07) is 21.9. The number of rotatable bonds is 15. The number of amides is 1. The van der Waals surface area contributed by atoms with Crippen molar-refractivity contribution in [2.75, 3.05) is 32.1 Å². The summed E-state index contributed by atoms with van der Waals surface area (Å²) < 4.78 is 37.9. The average Bonchev–Trinajstić information content (AvgIpc) is 2.92. The molecule has 210 valence electrons. The van der Waals surface area contributed by atoms with Crippen LogP contribution in [0.25, 0.3) is 11.1 Å². The van der Waals surface area contributed by atoms with Crippen LogP contribution in [0.4, 0.5) is 0 Å². The number of aliphatic hydroxyl groups is 2. The van der Waals surface area contributed by atoms with E-state index in [9.17, 15) is 18.3 Å². The van der Waals surface area contributed by atoms with Gasteiger partial charge in [0.2, 0.25) is 10.0 Å². The monoisotopic (exact) mass is 556 g/mol. The summed E-state index contributed by atoms with van der Waals surface area (Å²) >= 11 is 0. The van der Waals surface area contributed by atoms with Gasteiger partial charge in [0.05, 0.1) is 23.5 Å². The molecule has 0 saturated carbocycles. The molecule has 9 nitrogen and oxygen atoms in total. The molecule has 3 aromatic carbocycles.